The molecule has 2 atom stereocenters. The molecule has 1 fully saturated rings. The van der Waals surface area contributed by atoms with Gasteiger partial charge in [0.05, 0.1) is 37.9 Å². The van der Waals surface area contributed by atoms with Crippen molar-refractivity contribution in [3.05, 3.63) is 54.1 Å². The van der Waals surface area contributed by atoms with E-state index < -0.39 is 12.1 Å². The number of nitrogens with zero attached hydrogens (tertiary/aromatic N) is 3. The summed E-state index contributed by atoms with van der Waals surface area (Å²) in [5.41, 5.74) is 1.78. The average molecular weight is 558 g/mol. The molecule has 10 heteroatoms. The Hall–Kier alpha value is -2.63. The predicted octanol–water partition coefficient (Wildman–Crippen LogP) is 3.09. The number of hydrogen-bond donors (Lipinski definition) is 0. The van der Waals surface area contributed by atoms with Crippen molar-refractivity contribution in [2.45, 2.75) is 23.2 Å². The molecule has 2 aliphatic rings. The Balaban J connectivity index is 1.55. The number of rotatable bonds is 12. The number of amides is 1. The second-order valence-electron chi connectivity index (χ2n) is 9.56. The van der Waals surface area contributed by atoms with Gasteiger partial charge in [0.15, 0.2) is 6.10 Å². The minimum Gasteiger partial charge on any atom is -0.497 e. The van der Waals surface area contributed by atoms with E-state index in [1.165, 1.54) is 0 Å². The summed E-state index contributed by atoms with van der Waals surface area (Å²) in [7, 11) is 3.70. The number of morpholine rings is 1. The van der Waals surface area contributed by atoms with Crippen LogP contribution in [0.5, 0.6) is 5.75 Å². The lowest BCUT2D eigenvalue weighted by atomic mass is 10.1. The number of likely N-dealkylation sites (N-methyl/N-ethyl adjacent to an activating group) is 1. The second-order valence-corrected chi connectivity index (χ2v) is 10.7. The predicted molar refractivity (Wildman–Crippen MR) is 152 cm³/mol. The third kappa shape index (κ3) is 7.95. The van der Waals surface area contributed by atoms with E-state index in [9.17, 15) is 9.59 Å². The van der Waals surface area contributed by atoms with Gasteiger partial charge in [-0.15, -0.1) is 11.8 Å². The fraction of sp³-hybridized carbons (Fsp3) is 0.517. The molecule has 0 N–H and O–H groups in total. The molecule has 1 saturated heterocycles. The van der Waals surface area contributed by atoms with Gasteiger partial charge >= 0.3 is 5.97 Å². The number of fused-ring (bicyclic) bond motifs is 1. The van der Waals surface area contributed by atoms with Crippen LogP contribution >= 0.6 is 11.8 Å². The van der Waals surface area contributed by atoms with Crippen molar-refractivity contribution in [3.63, 3.8) is 0 Å². The Morgan fingerprint density at radius 1 is 1.08 bits per heavy atom. The van der Waals surface area contributed by atoms with E-state index in [4.69, 9.17) is 18.9 Å². The minimum absolute atomic E-state index is 0.167. The first kappa shape index (κ1) is 29.4. The largest absolute Gasteiger partial charge is 0.497 e. The van der Waals surface area contributed by atoms with Gasteiger partial charge < -0.3 is 28.7 Å². The van der Waals surface area contributed by atoms with E-state index in [0.29, 0.717) is 13.1 Å². The number of thioether (sulfide) groups is 1. The third-order valence-electron chi connectivity index (χ3n) is 6.93. The fourth-order valence-corrected chi connectivity index (χ4v) is 6.03. The summed E-state index contributed by atoms with van der Waals surface area (Å²) < 4.78 is 21.9. The number of carbonyl (C=O) groups excluding carboxylic acids is 2. The van der Waals surface area contributed by atoms with Gasteiger partial charge in [0.1, 0.15) is 12.4 Å². The van der Waals surface area contributed by atoms with Crippen LogP contribution in [0.25, 0.3) is 0 Å². The maximum atomic E-state index is 14.2. The van der Waals surface area contributed by atoms with Crippen LogP contribution in [0.4, 0.5) is 5.69 Å². The topological polar surface area (TPSA) is 80.8 Å². The van der Waals surface area contributed by atoms with Crippen molar-refractivity contribution in [2.75, 3.05) is 84.8 Å². The van der Waals surface area contributed by atoms with E-state index in [2.05, 4.69) is 16.8 Å². The van der Waals surface area contributed by atoms with Gasteiger partial charge in [-0.3, -0.25) is 9.69 Å². The highest BCUT2D eigenvalue weighted by Gasteiger charge is 2.39. The highest BCUT2D eigenvalue weighted by atomic mass is 32.2. The molecule has 9 nitrogen and oxygen atoms in total. The van der Waals surface area contributed by atoms with Crippen LogP contribution in [0.2, 0.25) is 0 Å². The summed E-state index contributed by atoms with van der Waals surface area (Å²) in [4.78, 5) is 33.8. The van der Waals surface area contributed by atoms with Crippen molar-refractivity contribution in [1.29, 1.82) is 0 Å². The highest BCUT2D eigenvalue weighted by molar-refractivity contribution is 7.99. The van der Waals surface area contributed by atoms with Gasteiger partial charge in [0.2, 0.25) is 0 Å². The minimum atomic E-state index is -0.876. The molecule has 4 rings (SSSR count). The Labute approximate surface area is 235 Å². The van der Waals surface area contributed by atoms with Crippen molar-refractivity contribution >= 4 is 29.3 Å². The Kier molecular flexibility index (Phi) is 11.0. The van der Waals surface area contributed by atoms with Crippen molar-refractivity contribution in [2.24, 2.45) is 0 Å². The van der Waals surface area contributed by atoms with E-state index in [-0.39, 0.29) is 24.4 Å². The number of para-hydroxylation sites is 1. The summed E-state index contributed by atoms with van der Waals surface area (Å²) in [6.07, 6.45) is -0.876. The number of benzene rings is 2. The molecule has 0 aromatic heterocycles. The first-order valence-corrected chi connectivity index (χ1v) is 14.3. The first-order chi connectivity index (χ1) is 19.0. The van der Waals surface area contributed by atoms with Crippen molar-refractivity contribution in [1.82, 2.24) is 9.80 Å². The maximum absolute atomic E-state index is 14.2. The summed E-state index contributed by atoms with van der Waals surface area (Å²) >= 11 is 1.58. The molecule has 0 spiro atoms. The van der Waals surface area contributed by atoms with Gasteiger partial charge in [0.25, 0.3) is 5.91 Å². The second kappa shape index (κ2) is 14.7. The summed E-state index contributed by atoms with van der Waals surface area (Å²) in [6, 6.07) is 15.6. The van der Waals surface area contributed by atoms with Gasteiger partial charge in [0, 0.05) is 44.2 Å². The van der Waals surface area contributed by atoms with Crippen LogP contribution in [-0.2, 0) is 23.8 Å². The molecular weight excluding hydrogens is 518 g/mol. The molecule has 1 amide bonds. The molecule has 2 heterocycles. The van der Waals surface area contributed by atoms with Crippen LogP contribution in [0.3, 0.4) is 0 Å². The molecule has 0 bridgehead atoms. The number of hydrogen-bond acceptors (Lipinski definition) is 9. The Bertz CT molecular complexity index is 1080. The van der Waals surface area contributed by atoms with E-state index in [1.807, 2.05) is 53.4 Å². The number of ether oxygens (including phenoxy) is 4. The maximum Gasteiger partial charge on any atom is 0.332 e. The SMILES string of the molecule is CCOC(=O)CO[C@H]1C(=O)N(CCN(C)CCN2CCOCC2)c2ccccc2S[C@H]1c1ccc(OC)cc1. The summed E-state index contributed by atoms with van der Waals surface area (Å²) in [6.45, 7) is 8.25. The van der Waals surface area contributed by atoms with E-state index in [1.54, 1.807) is 25.8 Å². The van der Waals surface area contributed by atoms with Crippen molar-refractivity contribution < 1.29 is 28.5 Å². The normalized spacial score (nSPS) is 20.0. The zero-order chi connectivity index (χ0) is 27.6. The molecule has 2 aromatic carbocycles. The smallest absolute Gasteiger partial charge is 0.332 e. The summed E-state index contributed by atoms with van der Waals surface area (Å²) in [5.74, 6) is 0.0777. The molecule has 0 aliphatic carbocycles. The average Bonchev–Trinajstić information content (AvgIpc) is 3.08. The zero-order valence-electron chi connectivity index (χ0n) is 23.0. The molecule has 2 aliphatic heterocycles. The number of methoxy groups -OCH3 is 1. The lowest BCUT2D eigenvalue weighted by Gasteiger charge is -2.31. The Morgan fingerprint density at radius 3 is 2.51 bits per heavy atom. The molecular formula is C29H39N3O6S. The van der Waals surface area contributed by atoms with Gasteiger partial charge in [-0.1, -0.05) is 24.3 Å². The molecule has 0 saturated carbocycles. The van der Waals surface area contributed by atoms with E-state index in [0.717, 1.165) is 61.3 Å². The number of carbonyl (C=O) groups is 2. The lowest BCUT2D eigenvalue weighted by Crippen LogP contribution is -2.46. The molecule has 212 valence electrons. The monoisotopic (exact) mass is 557 g/mol. The quantitative estimate of drug-likeness (QED) is 0.366. The number of anilines is 1. The summed E-state index contributed by atoms with van der Waals surface area (Å²) in [5, 5.41) is -0.358. The third-order valence-corrected chi connectivity index (χ3v) is 8.30. The van der Waals surface area contributed by atoms with Crippen LogP contribution in [0.15, 0.2) is 53.4 Å². The fourth-order valence-electron chi connectivity index (χ4n) is 4.69. The van der Waals surface area contributed by atoms with Crippen LogP contribution < -0.4 is 9.64 Å². The van der Waals surface area contributed by atoms with Gasteiger partial charge in [-0.25, -0.2) is 4.79 Å². The molecule has 0 radical (unpaired) electrons. The molecule has 0 unspecified atom stereocenters. The molecule has 39 heavy (non-hydrogen) atoms. The van der Waals surface area contributed by atoms with Gasteiger partial charge in [-0.05, 0) is 43.8 Å². The van der Waals surface area contributed by atoms with Crippen LogP contribution in [0.1, 0.15) is 17.7 Å². The number of esters is 1. The first-order valence-electron chi connectivity index (χ1n) is 13.5. The van der Waals surface area contributed by atoms with E-state index >= 15 is 0 Å². The van der Waals surface area contributed by atoms with Crippen LogP contribution in [-0.4, -0.2) is 108 Å². The molecule has 2 aromatic rings. The van der Waals surface area contributed by atoms with Gasteiger partial charge in [-0.2, -0.15) is 0 Å². The lowest BCUT2D eigenvalue weighted by molar-refractivity contribution is -0.152. The Morgan fingerprint density at radius 2 is 1.79 bits per heavy atom. The zero-order valence-corrected chi connectivity index (χ0v) is 23.9. The van der Waals surface area contributed by atoms with Crippen LogP contribution in [0, 0.1) is 0 Å². The highest BCUT2D eigenvalue weighted by Crippen LogP contribution is 2.46. The van der Waals surface area contributed by atoms with Crippen molar-refractivity contribution in [3.8, 4) is 5.75 Å². The standard InChI is InChI=1S/C29H39N3O6S/c1-4-37-26(33)21-38-27-28(22-9-11-23(35-3)12-10-22)39-25-8-6-5-7-24(25)32(29(27)34)16-14-30(2)13-15-31-17-19-36-20-18-31/h5-12,27-28H,4,13-21H2,1-3H3/t27-,28+/m1/s1.